The van der Waals surface area contributed by atoms with Crippen LogP contribution in [0.1, 0.15) is 93.9 Å². The first-order valence-corrected chi connectivity index (χ1v) is 8.31. The van der Waals surface area contributed by atoms with Crippen LogP contribution in [0.5, 0.6) is 0 Å². The van der Waals surface area contributed by atoms with Gasteiger partial charge in [-0.15, -0.1) is 22.2 Å². The zero-order chi connectivity index (χ0) is 15.7. The summed E-state index contributed by atoms with van der Waals surface area (Å²) in [5.41, 5.74) is 0.951. The number of hydrogen-bond donors (Lipinski definition) is 0. The van der Waals surface area contributed by atoms with Gasteiger partial charge in [0.2, 0.25) is 0 Å². The van der Waals surface area contributed by atoms with Crippen molar-refractivity contribution in [3.05, 3.63) is 10.6 Å². The molecule has 2 nitrogen and oxygen atoms in total. The van der Waals surface area contributed by atoms with Crippen LogP contribution in [0.2, 0.25) is 0 Å². The summed E-state index contributed by atoms with van der Waals surface area (Å²) in [6.07, 6.45) is 7.72. The molecule has 0 spiro atoms. The first-order chi connectivity index (χ1) is 8.83. The summed E-state index contributed by atoms with van der Waals surface area (Å²) < 4.78 is 0. The molecule has 190 valence electrons. The molecule has 35 heavy (non-hydrogen) atoms. The third-order valence-corrected chi connectivity index (χ3v) is 4.36. The summed E-state index contributed by atoms with van der Waals surface area (Å²) in [7, 11) is 0. The van der Waals surface area contributed by atoms with Crippen molar-refractivity contribution in [2.45, 2.75) is 116 Å². The van der Waals surface area contributed by atoms with Crippen LogP contribution in [-0.4, -0.2) is 68.3 Å². The normalized spacial score (nSPS) is 17.1. The van der Waals surface area contributed by atoms with Gasteiger partial charge in [-0.05, 0) is 0 Å². The molecular weight excluding hydrogens is 660 g/mol. The molecule has 0 aromatic carbocycles. The van der Waals surface area contributed by atoms with E-state index in [1.807, 2.05) is 0 Å². The maximum atomic E-state index is 4.75. The second kappa shape index (κ2) is 42.8. The maximum Gasteiger partial charge on any atom is 2.00 e. The molecule has 2 aliphatic heterocycles. The van der Waals surface area contributed by atoms with E-state index in [4.69, 9.17) is 10.6 Å². The van der Waals surface area contributed by atoms with Crippen molar-refractivity contribution in [2.75, 3.05) is 0 Å². The van der Waals surface area contributed by atoms with Crippen LogP contribution in [0.15, 0.2) is 0 Å². The molecule has 0 atom stereocenters. The van der Waals surface area contributed by atoms with Gasteiger partial charge in [0.05, 0.1) is 0 Å². The van der Waals surface area contributed by atoms with Gasteiger partial charge in [0.15, 0.2) is 0 Å². The van der Waals surface area contributed by atoms with Crippen molar-refractivity contribution >= 4 is 46.1 Å². The molecule has 0 unspecified atom stereocenters. The van der Waals surface area contributed by atoms with Crippen LogP contribution >= 0.6 is 0 Å². The van der Waals surface area contributed by atoms with Crippen LogP contribution in [0, 0.1) is 0 Å². The van der Waals surface area contributed by atoms with Crippen molar-refractivity contribution in [1.82, 2.24) is 0 Å². The van der Waals surface area contributed by atoms with E-state index in [-0.39, 0.29) is 260 Å². The number of hydrogen-bond acceptors (Lipinski definition) is 0. The third kappa shape index (κ3) is 50.6. The monoisotopic (exact) mass is 692 g/mol. The summed E-state index contributed by atoms with van der Waals surface area (Å²) in [5, 5.41) is 9.49. The van der Waals surface area contributed by atoms with Crippen LogP contribution < -0.4 is 175 Å². The van der Waals surface area contributed by atoms with Gasteiger partial charge in [-0.2, -0.15) is 0 Å². The Morgan fingerprint density at radius 2 is 0.486 bits per heavy atom. The molecule has 0 aromatic heterocycles. The molecule has 0 radical (unpaired) electrons. The standard InChI is InChI=1S/2C9H18N.8ClH.Fe.4Li.2Mg/c2*1-8(2)6-5-7-9(3,4)10-8;;;;;;;;;;;;;;;/h2*5-7H2,1-4H3;8*1H;;;;;;;/q2*-1;;;;;;;;;+2;4*+1;2*+2/p-8. The third-order valence-electron chi connectivity index (χ3n) is 4.36. The summed E-state index contributed by atoms with van der Waals surface area (Å²) in [6, 6.07) is 0. The van der Waals surface area contributed by atoms with Crippen molar-refractivity contribution in [3.8, 4) is 0 Å². The van der Waals surface area contributed by atoms with Crippen molar-refractivity contribution in [2.24, 2.45) is 0 Å². The zero-order valence-electron chi connectivity index (χ0n) is 23.9. The van der Waals surface area contributed by atoms with Crippen LogP contribution in [0.3, 0.4) is 0 Å². The van der Waals surface area contributed by atoms with Gasteiger partial charge in [-0.25, -0.2) is 0 Å². The summed E-state index contributed by atoms with van der Waals surface area (Å²) in [5.74, 6) is 0. The Kier molecular flexibility index (Phi) is 119. The minimum absolute atomic E-state index is 0. The quantitative estimate of drug-likeness (QED) is 0.226. The summed E-state index contributed by atoms with van der Waals surface area (Å²) >= 11 is 0. The predicted molar refractivity (Wildman–Crippen MR) is 102 cm³/mol. The molecule has 2 saturated heterocycles. The smallest absolute Gasteiger partial charge is 1.00 e. The molecule has 0 N–H and O–H groups in total. The zero-order valence-corrected chi connectivity index (χ0v) is 33.9. The van der Waals surface area contributed by atoms with E-state index in [9.17, 15) is 0 Å². The van der Waals surface area contributed by atoms with E-state index >= 15 is 0 Å². The van der Waals surface area contributed by atoms with Crippen molar-refractivity contribution in [3.63, 3.8) is 0 Å². The number of halogens is 8. The second-order valence-electron chi connectivity index (χ2n) is 9.18. The van der Waals surface area contributed by atoms with Crippen LogP contribution in [0.4, 0.5) is 0 Å². The topological polar surface area (TPSA) is 28.2 Å². The van der Waals surface area contributed by atoms with Gasteiger partial charge in [0, 0.05) is 0 Å². The van der Waals surface area contributed by atoms with Crippen molar-refractivity contribution < 1.29 is 192 Å². The molecule has 0 aliphatic carbocycles. The molecule has 0 amide bonds. The Morgan fingerprint density at radius 3 is 0.543 bits per heavy atom. The Balaban J connectivity index is -0.0000000123. The molecule has 0 aromatic rings. The SMILES string of the molecule is CC1(C)CCCC(C)(C)[N-]1.CC1(C)CCCC(C)(C)[N-]1.[Cl-].[Cl-].[Cl-].[Cl-].[Cl-].[Cl-].[Cl-].[Cl-].[Fe+2].[Li+].[Li+].[Li+].[Li+].[Mg+2].[Mg+2]. The maximum absolute atomic E-state index is 4.75. The molecule has 2 aliphatic rings. The van der Waals surface area contributed by atoms with Gasteiger partial charge in [0.1, 0.15) is 0 Å². The molecule has 2 fully saturated rings. The van der Waals surface area contributed by atoms with Crippen LogP contribution in [-0.2, 0) is 17.1 Å². The fourth-order valence-corrected chi connectivity index (χ4v) is 3.77. The Hall–Kier alpha value is 6.68. The van der Waals surface area contributed by atoms with Gasteiger partial charge in [-0.3, -0.25) is 0 Å². The van der Waals surface area contributed by atoms with E-state index in [0.717, 1.165) is 0 Å². The van der Waals surface area contributed by atoms with Crippen LogP contribution in [0.25, 0.3) is 10.6 Å². The molecule has 0 saturated carbocycles. The van der Waals surface area contributed by atoms with Gasteiger partial charge >= 0.3 is 139 Å². The second-order valence-corrected chi connectivity index (χ2v) is 9.18. The van der Waals surface area contributed by atoms with E-state index in [0.29, 0.717) is 0 Å². The molecule has 2 rings (SSSR count). The Morgan fingerprint density at radius 1 is 0.371 bits per heavy atom. The Bertz CT molecular complexity index is 312. The van der Waals surface area contributed by atoms with Gasteiger partial charge in [-0.1, -0.05) is 93.9 Å². The average Bonchev–Trinajstić information content (AvgIpc) is 2.09. The first-order valence-electron chi connectivity index (χ1n) is 8.31. The molecule has 2 heterocycles. The molecular formula is C18H36Cl8FeLi4Mg2N2. The summed E-state index contributed by atoms with van der Waals surface area (Å²) in [4.78, 5) is 0. The van der Waals surface area contributed by atoms with E-state index < -0.39 is 0 Å². The minimum atomic E-state index is 0. The van der Waals surface area contributed by atoms with E-state index in [2.05, 4.69) is 55.4 Å². The number of piperidine rings is 2. The van der Waals surface area contributed by atoms with E-state index in [1.54, 1.807) is 0 Å². The predicted octanol–water partition coefficient (Wildman–Crippen LogP) is -30.5. The molecule has 17 heteroatoms. The first kappa shape index (κ1) is 96.9. The Labute approximate surface area is 359 Å². The minimum Gasteiger partial charge on any atom is -1.00 e. The number of rotatable bonds is 0. The fraction of sp³-hybridized carbons (Fsp3) is 1.00. The van der Waals surface area contributed by atoms with E-state index in [1.165, 1.54) is 38.5 Å². The molecule has 0 bridgehead atoms. The largest absolute Gasteiger partial charge is 2.00 e. The fourth-order valence-electron chi connectivity index (χ4n) is 3.77. The average molecular weight is 696 g/mol. The van der Waals surface area contributed by atoms with Crippen molar-refractivity contribution in [1.29, 1.82) is 0 Å². The van der Waals surface area contributed by atoms with Gasteiger partial charge in [0.25, 0.3) is 0 Å². The van der Waals surface area contributed by atoms with Gasteiger partial charge < -0.3 is 110 Å². The summed E-state index contributed by atoms with van der Waals surface area (Å²) in [6.45, 7) is 17.8. The number of nitrogens with zero attached hydrogens (tertiary/aromatic N) is 2.